The second-order valence-electron chi connectivity index (χ2n) is 4.41. The zero-order valence-corrected chi connectivity index (χ0v) is 11.4. The van der Waals surface area contributed by atoms with Gasteiger partial charge in [-0.1, -0.05) is 18.2 Å². The highest BCUT2D eigenvalue weighted by Gasteiger charge is 2.18. The van der Waals surface area contributed by atoms with Gasteiger partial charge in [-0.05, 0) is 43.3 Å². The van der Waals surface area contributed by atoms with E-state index >= 15 is 0 Å². The van der Waals surface area contributed by atoms with E-state index in [1.165, 1.54) is 31.2 Å². The van der Waals surface area contributed by atoms with Gasteiger partial charge in [-0.2, -0.15) is 0 Å². The van der Waals surface area contributed by atoms with Crippen LogP contribution in [0.3, 0.4) is 0 Å². The van der Waals surface area contributed by atoms with Gasteiger partial charge in [0.1, 0.15) is 5.82 Å². The first kappa shape index (κ1) is 14.7. The van der Waals surface area contributed by atoms with Crippen LogP contribution in [0.15, 0.2) is 54.6 Å². The van der Waals surface area contributed by atoms with Crippen LogP contribution in [-0.4, -0.2) is 18.0 Å². The summed E-state index contributed by atoms with van der Waals surface area (Å²) in [6.45, 7) is 1.47. The van der Waals surface area contributed by atoms with Crippen molar-refractivity contribution in [1.82, 2.24) is 0 Å². The van der Waals surface area contributed by atoms with Crippen molar-refractivity contribution in [2.24, 2.45) is 0 Å². The van der Waals surface area contributed by atoms with Gasteiger partial charge in [-0.15, -0.1) is 0 Å². The van der Waals surface area contributed by atoms with Crippen molar-refractivity contribution in [3.63, 3.8) is 0 Å². The Morgan fingerprint density at radius 1 is 1.05 bits per heavy atom. The van der Waals surface area contributed by atoms with Gasteiger partial charge in [0.2, 0.25) is 0 Å². The summed E-state index contributed by atoms with van der Waals surface area (Å²) >= 11 is 0. The first-order valence-electron chi connectivity index (χ1n) is 6.39. The molecule has 0 aliphatic heterocycles. The van der Waals surface area contributed by atoms with Gasteiger partial charge in [0.25, 0.3) is 5.91 Å². The smallest absolute Gasteiger partial charge is 0.338 e. The predicted molar refractivity (Wildman–Crippen MR) is 76.3 cm³/mol. The summed E-state index contributed by atoms with van der Waals surface area (Å²) in [4.78, 5) is 23.7. The summed E-state index contributed by atoms with van der Waals surface area (Å²) in [5.74, 6) is -1.44. The minimum atomic E-state index is -0.956. The molecule has 21 heavy (non-hydrogen) atoms. The van der Waals surface area contributed by atoms with Gasteiger partial charge >= 0.3 is 5.97 Å². The molecule has 0 aliphatic carbocycles. The monoisotopic (exact) mass is 287 g/mol. The second kappa shape index (κ2) is 6.65. The van der Waals surface area contributed by atoms with E-state index in [4.69, 9.17) is 4.74 Å². The maximum atomic E-state index is 12.8. The lowest BCUT2D eigenvalue weighted by Gasteiger charge is -2.13. The number of anilines is 1. The molecule has 1 atom stereocenters. The molecule has 0 aromatic heterocycles. The Bertz CT molecular complexity index is 626. The van der Waals surface area contributed by atoms with Crippen molar-refractivity contribution in [3.8, 4) is 0 Å². The maximum absolute atomic E-state index is 12.8. The molecule has 4 nitrogen and oxygen atoms in total. The van der Waals surface area contributed by atoms with Crippen LogP contribution in [0, 0.1) is 5.82 Å². The topological polar surface area (TPSA) is 55.4 Å². The highest BCUT2D eigenvalue weighted by atomic mass is 19.1. The van der Waals surface area contributed by atoms with Crippen LogP contribution in [0.4, 0.5) is 10.1 Å². The molecule has 0 heterocycles. The third-order valence-corrected chi connectivity index (χ3v) is 2.77. The Morgan fingerprint density at radius 3 is 2.29 bits per heavy atom. The Labute approximate surface area is 121 Å². The lowest BCUT2D eigenvalue weighted by atomic mass is 10.2. The quantitative estimate of drug-likeness (QED) is 0.879. The first-order chi connectivity index (χ1) is 10.1. The van der Waals surface area contributed by atoms with E-state index in [9.17, 15) is 14.0 Å². The summed E-state index contributed by atoms with van der Waals surface area (Å²) < 4.78 is 17.8. The molecule has 0 spiro atoms. The molecule has 5 heteroatoms. The van der Waals surface area contributed by atoms with Crippen molar-refractivity contribution in [2.75, 3.05) is 5.32 Å². The number of esters is 1. The van der Waals surface area contributed by atoms with E-state index in [0.29, 0.717) is 11.3 Å². The molecule has 1 N–H and O–H groups in total. The van der Waals surface area contributed by atoms with Crippen molar-refractivity contribution in [3.05, 3.63) is 66.0 Å². The number of halogens is 1. The Morgan fingerprint density at radius 2 is 1.67 bits per heavy atom. The van der Waals surface area contributed by atoms with Crippen LogP contribution < -0.4 is 5.32 Å². The molecule has 1 amide bonds. The van der Waals surface area contributed by atoms with E-state index in [-0.39, 0.29) is 0 Å². The number of rotatable bonds is 4. The number of amides is 1. The van der Waals surface area contributed by atoms with Gasteiger partial charge in [-0.25, -0.2) is 9.18 Å². The number of hydrogen-bond acceptors (Lipinski definition) is 3. The fourth-order valence-electron chi connectivity index (χ4n) is 1.63. The average molecular weight is 287 g/mol. The minimum Gasteiger partial charge on any atom is -0.449 e. The maximum Gasteiger partial charge on any atom is 0.338 e. The molecule has 0 aliphatic rings. The van der Waals surface area contributed by atoms with E-state index < -0.39 is 23.8 Å². The molecule has 0 saturated carbocycles. The first-order valence-corrected chi connectivity index (χ1v) is 6.39. The highest BCUT2D eigenvalue weighted by Crippen LogP contribution is 2.10. The average Bonchev–Trinajstić information content (AvgIpc) is 2.50. The Hall–Kier alpha value is -2.69. The lowest BCUT2D eigenvalue weighted by molar-refractivity contribution is -0.123. The highest BCUT2D eigenvalue weighted by molar-refractivity contribution is 5.97. The number of hydrogen-bond donors (Lipinski definition) is 1. The van der Waals surface area contributed by atoms with Gasteiger partial charge < -0.3 is 10.1 Å². The number of nitrogens with one attached hydrogen (secondary N) is 1. The van der Waals surface area contributed by atoms with Crippen LogP contribution in [0.25, 0.3) is 0 Å². The molecule has 2 rings (SSSR count). The SMILES string of the molecule is C[C@H](OC(=O)c1ccccc1)C(=O)Nc1ccc(F)cc1. The number of ether oxygens (including phenoxy) is 1. The molecule has 0 radical (unpaired) electrons. The molecule has 0 unspecified atom stereocenters. The summed E-state index contributed by atoms with van der Waals surface area (Å²) in [6, 6.07) is 13.7. The molecule has 0 saturated heterocycles. The minimum absolute atomic E-state index is 0.374. The summed E-state index contributed by atoms with van der Waals surface area (Å²) in [7, 11) is 0. The van der Waals surface area contributed by atoms with Gasteiger partial charge in [0.15, 0.2) is 6.10 Å². The van der Waals surface area contributed by atoms with Gasteiger partial charge in [0, 0.05) is 5.69 Å². The van der Waals surface area contributed by atoms with E-state index in [1.54, 1.807) is 30.3 Å². The number of carbonyl (C=O) groups is 2. The Kier molecular flexibility index (Phi) is 4.66. The zero-order valence-electron chi connectivity index (χ0n) is 11.4. The third-order valence-electron chi connectivity index (χ3n) is 2.77. The van der Waals surface area contributed by atoms with Crippen molar-refractivity contribution < 1.29 is 18.7 Å². The summed E-state index contributed by atoms with van der Waals surface area (Å²) in [5.41, 5.74) is 0.808. The van der Waals surface area contributed by atoms with Crippen LogP contribution in [0.1, 0.15) is 17.3 Å². The van der Waals surface area contributed by atoms with Crippen molar-refractivity contribution >= 4 is 17.6 Å². The molecular formula is C16H14FNO3. The fourth-order valence-corrected chi connectivity index (χ4v) is 1.63. The van der Waals surface area contributed by atoms with Crippen LogP contribution in [-0.2, 0) is 9.53 Å². The van der Waals surface area contributed by atoms with Crippen LogP contribution in [0.2, 0.25) is 0 Å². The molecule has 0 fully saturated rings. The van der Waals surface area contributed by atoms with Crippen molar-refractivity contribution in [1.29, 1.82) is 0 Å². The summed E-state index contributed by atoms with van der Waals surface area (Å²) in [6.07, 6.45) is -0.956. The molecule has 2 aromatic carbocycles. The van der Waals surface area contributed by atoms with Gasteiger partial charge in [0.05, 0.1) is 5.56 Å². The Balaban J connectivity index is 1.93. The van der Waals surface area contributed by atoms with E-state index in [0.717, 1.165) is 0 Å². The van der Waals surface area contributed by atoms with Gasteiger partial charge in [-0.3, -0.25) is 4.79 Å². The summed E-state index contributed by atoms with van der Waals surface area (Å²) in [5, 5.41) is 2.54. The molecule has 108 valence electrons. The standard InChI is InChI=1S/C16H14FNO3/c1-11(21-16(20)12-5-3-2-4-6-12)15(19)18-14-9-7-13(17)8-10-14/h2-11H,1H3,(H,18,19)/t11-/m0/s1. The third kappa shape index (κ3) is 4.14. The normalized spacial score (nSPS) is 11.5. The fraction of sp³-hybridized carbons (Fsp3) is 0.125. The molecule has 0 bridgehead atoms. The second-order valence-corrected chi connectivity index (χ2v) is 4.41. The van der Waals surface area contributed by atoms with Crippen molar-refractivity contribution in [2.45, 2.75) is 13.0 Å². The van der Waals surface area contributed by atoms with Crippen LogP contribution >= 0.6 is 0 Å². The predicted octanol–water partition coefficient (Wildman–Crippen LogP) is 3.01. The molecule has 2 aromatic rings. The molecular weight excluding hydrogens is 273 g/mol. The van der Waals surface area contributed by atoms with Crippen LogP contribution in [0.5, 0.6) is 0 Å². The number of carbonyl (C=O) groups excluding carboxylic acids is 2. The lowest BCUT2D eigenvalue weighted by Crippen LogP contribution is -2.29. The van der Waals surface area contributed by atoms with E-state index in [1.807, 2.05) is 0 Å². The zero-order chi connectivity index (χ0) is 15.2. The van der Waals surface area contributed by atoms with E-state index in [2.05, 4.69) is 5.32 Å². The number of benzene rings is 2. The largest absolute Gasteiger partial charge is 0.449 e.